The van der Waals surface area contributed by atoms with Crippen LogP contribution in [0.5, 0.6) is 5.75 Å². The third-order valence-corrected chi connectivity index (χ3v) is 16.3. The van der Waals surface area contributed by atoms with Gasteiger partial charge in [0.05, 0.1) is 12.6 Å². The van der Waals surface area contributed by atoms with Gasteiger partial charge >= 0.3 is 13.3 Å². The summed E-state index contributed by atoms with van der Waals surface area (Å²) in [4.78, 5) is 147. The van der Waals surface area contributed by atoms with E-state index in [4.69, 9.17) is 10.5 Å². The first-order valence-corrected chi connectivity index (χ1v) is 28.1. The number of ether oxygens (including phenoxy) is 1. The molecule has 1 unspecified atom stereocenters. The molecule has 6 heterocycles. The molecule has 9 rings (SSSR count). The van der Waals surface area contributed by atoms with E-state index in [1.54, 1.807) is 36.4 Å². The van der Waals surface area contributed by atoms with Crippen LogP contribution >= 0.6 is 7.60 Å². The van der Waals surface area contributed by atoms with Crippen molar-refractivity contribution in [1.82, 2.24) is 41.0 Å². The van der Waals surface area contributed by atoms with Crippen molar-refractivity contribution in [3.63, 3.8) is 0 Å². The highest BCUT2D eigenvalue weighted by Gasteiger charge is 2.51. The molecule has 0 spiro atoms. The van der Waals surface area contributed by atoms with Gasteiger partial charge in [0, 0.05) is 90.9 Å². The molecule has 0 saturated carbocycles. The number of nitrogens with one attached hydrogen (secondary N) is 5. The molecule has 0 aliphatic carbocycles. The van der Waals surface area contributed by atoms with Gasteiger partial charge in [-0.05, 0) is 86.9 Å². The lowest BCUT2D eigenvalue weighted by Gasteiger charge is -2.39. The Kier molecular flexibility index (Phi) is 16.8. The summed E-state index contributed by atoms with van der Waals surface area (Å²) >= 11 is 0. The summed E-state index contributed by atoms with van der Waals surface area (Å²) in [6.07, 6.45) is 3.31. The van der Waals surface area contributed by atoms with Crippen molar-refractivity contribution in [3.8, 4) is 17.6 Å². The predicted octanol–water partition coefficient (Wildman–Crippen LogP) is 3.24. The molecule has 3 saturated heterocycles. The Labute approximate surface area is 457 Å². The molecule has 5 aliphatic rings. The number of nitrogens with zero attached hydrogens (tertiary/aromatic N) is 3. The van der Waals surface area contributed by atoms with Gasteiger partial charge in [-0.25, -0.2) is 0 Å². The molecule has 22 nitrogen and oxygen atoms in total. The minimum absolute atomic E-state index is 0.00159. The summed E-state index contributed by atoms with van der Waals surface area (Å²) in [6.45, 7) is 0.301. The molecule has 3 fully saturated rings. The third kappa shape index (κ3) is 12.2. The Balaban J connectivity index is 0.875. The second-order valence-corrected chi connectivity index (χ2v) is 22.3. The van der Waals surface area contributed by atoms with E-state index in [1.807, 2.05) is 6.07 Å². The summed E-state index contributed by atoms with van der Waals surface area (Å²) in [5.41, 5.74) is 2.41. The Morgan fingerprint density at radius 3 is 2.48 bits per heavy atom. The molecule has 0 radical (unpaired) electrons. The van der Waals surface area contributed by atoms with Crippen LogP contribution in [0.15, 0.2) is 66.7 Å². The second-order valence-electron chi connectivity index (χ2n) is 20.6. The van der Waals surface area contributed by atoms with Crippen molar-refractivity contribution < 1.29 is 71.0 Å². The van der Waals surface area contributed by atoms with Crippen LogP contribution in [-0.4, -0.2) is 133 Å². The Morgan fingerprint density at radius 2 is 1.70 bits per heavy atom. The summed E-state index contributed by atoms with van der Waals surface area (Å²) in [7, 11) is -5.93. The SMILES string of the molecule is NC(=O)CC[C@H](NC(=O)[C@@H]1CC[C@@H]2CCN(C(=O)CCCCCC#Cc3cccc4c3CN(C3CCC(=O)NC3=O)C4=O)C[C@H](NC(=O)c3cc4cc(C(F)(F)P(=O)(O)O)ccc4[nH]3)C(=O)N21)C(=O)N[C@@H]1CCOc2ccccc21. The number of hydrogen-bond donors (Lipinski definition) is 8. The van der Waals surface area contributed by atoms with Gasteiger partial charge in [0.25, 0.3) is 11.8 Å². The number of primary amides is 1. The molecule has 422 valence electrons. The third-order valence-electron chi connectivity index (χ3n) is 15.3. The molecule has 25 heteroatoms. The predicted molar refractivity (Wildman–Crippen MR) is 281 cm³/mol. The number of aromatic amines is 1. The van der Waals surface area contributed by atoms with Gasteiger partial charge in [0.1, 0.15) is 35.6 Å². The number of H-pyrrole nitrogens is 1. The van der Waals surface area contributed by atoms with Crippen molar-refractivity contribution in [3.05, 3.63) is 100 Å². The van der Waals surface area contributed by atoms with Gasteiger partial charge in [0.2, 0.25) is 41.4 Å². The van der Waals surface area contributed by atoms with Crippen molar-refractivity contribution in [1.29, 1.82) is 0 Å². The number of piperidine rings is 1. The highest BCUT2D eigenvalue weighted by Crippen LogP contribution is 2.59. The minimum atomic E-state index is -5.93. The molecule has 9 amide bonds. The van der Waals surface area contributed by atoms with E-state index >= 15 is 0 Å². The molecule has 4 aromatic rings. The van der Waals surface area contributed by atoms with Crippen LogP contribution < -0.4 is 31.7 Å². The highest BCUT2D eigenvalue weighted by atomic mass is 31.2. The number of para-hydroxylation sites is 1. The average Bonchev–Trinajstić information content (AvgIpc) is 4.22. The Hall–Kier alpha value is -8.00. The number of imide groups is 1. The van der Waals surface area contributed by atoms with Crippen molar-refractivity contribution in [2.45, 2.75) is 132 Å². The quantitative estimate of drug-likeness (QED) is 0.0326. The second kappa shape index (κ2) is 23.8. The zero-order chi connectivity index (χ0) is 57.0. The van der Waals surface area contributed by atoms with Gasteiger partial charge in [-0.1, -0.05) is 48.6 Å². The Morgan fingerprint density at radius 1 is 0.900 bits per heavy atom. The summed E-state index contributed by atoms with van der Waals surface area (Å²) in [5.74, 6) is 1.78. The van der Waals surface area contributed by atoms with Gasteiger partial charge in [0.15, 0.2) is 0 Å². The van der Waals surface area contributed by atoms with E-state index < -0.39 is 90.5 Å². The van der Waals surface area contributed by atoms with E-state index in [0.717, 1.165) is 23.8 Å². The number of alkyl halides is 2. The molecule has 1 aromatic heterocycles. The number of rotatable bonds is 17. The zero-order valence-corrected chi connectivity index (χ0v) is 44.2. The van der Waals surface area contributed by atoms with Crippen molar-refractivity contribution in [2.24, 2.45) is 5.73 Å². The number of carbonyl (C=O) groups is 9. The molecule has 5 aliphatic heterocycles. The fourth-order valence-corrected chi connectivity index (χ4v) is 11.6. The lowest BCUT2D eigenvalue weighted by molar-refractivity contribution is -0.145. The highest BCUT2D eigenvalue weighted by molar-refractivity contribution is 7.52. The van der Waals surface area contributed by atoms with E-state index in [1.165, 1.54) is 20.8 Å². The van der Waals surface area contributed by atoms with Crippen molar-refractivity contribution in [2.75, 3.05) is 19.7 Å². The van der Waals surface area contributed by atoms with E-state index in [9.17, 15) is 66.3 Å². The van der Waals surface area contributed by atoms with Crippen LogP contribution in [-0.2, 0) is 50.3 Å². The number of amides is 9. The molecule has 3 aromatic carbocycles. The molecular formula is C55H60F2N9O13P. The first kappa shape index (κ1) is 56.7. The average molecular weight is 1120 g/mol. The van der Waals surface area contributed by atoms with E-state index in [0.29, 0.717) is 67.6 Å². The maximum atomic E-state index is 14.9. The molecule has 9 N–H and O–H groups in total. The van der Waals surface area contributed by atoms with E-state index in [2.05, 4.69) is 38.1 Å². The van der Waals surface area contributed by atoms with Gasteiger partial charge < -0.3 is 55.9 Å². The maximum absolute atomic E-state index is 14.9. The number of halogens is 2. The lowest BCUT2D eigenvalue weighted by Crippen LogP contribution is -2.62. The number of benzene rings is 3. The fourth-order valence-electron chi connectivity index (χ4n) is 11.1. The van der Waals surface area contributed by atoms with Gasteiger partial charge in [-0.3, -0.25) is 53.0 Å². The standard InChI is InChI=1S/C55H60F2N9O13P/c56-55(57,80(76,77)78)33-15-17-38-32(27-33)28-41(59-38)50(71)62-42-30-64(48(69)14-5-3-1-2-4-9-31-10-8-12-35-37(31)29-65(53(35)74)43-20-22-47(68)63-51(43)72)25-23-34-16-19-44(66(34)54(42)75)52(73)61-40(18-21-46(58)67)49(70)60-39-24-26-79-45-13-7-6-11-36(39)45/h6-8,10-13,15,17,27-28,34,39-40,42-44,59H,1-3,5,14,16,18-26,29-30H2,(H2,58,67)(H,60,70)(H,61,73)(H,62,71)(H,63,68,72)(H2,76,77,78)/t34-,39-,40+,42+,43?,44+/m1/s1. The van der Waals surface area contributed by atoms with Crippen LogP contribution in [0.25, 0.3) is 10.9 Å². The molecule has 80 heavy (non-hydrogen) atoms. The number of carbonyl (C=O) groups excluding carboxylic acids is 9. The summed E-state index contributed by atoms with van der Waals surface area (Å²) < 4.78 is 46.8. The monoisotopic (exact) mass is 1120 g/mol. The topological polar surface area (TPSA) is 320 Å². The van der Waals surface area contributed by atoms with Crippen LogP contribution in [0.3, 0.4) is 0 Å². The molecule has 0 bridgehead atoms. The number of hydrogen-bond acceptors (Lipinski definition) is 11. The first-order chi connectivity index (χ1) is 38.2. The zero-order valence-electron chi connectivity index (χ0n) is 43.3. The number of nitrogens with two attached hydrogens (primary N) is 1. The number of fused-ring (bicyclic) bond motifs is 4. The molecule has 6 atom stereocenters. The summed E-state index contributed by atoms with van der Waals surface area (Å²) in [5, 5.41) is 10.7. The Bertz CT molecular complexity index is 3280. The van der Waals surface area contributed by atoms with Gasteiger partial charge in [-0.2, -0.15) is 8.78 Å². The number of aromatic nitrogens is 1. The smallest absolute Gasteiger partial charge is 0.399 e. The van der Waals surface area contributed by atoms with Crippen molar-refractivity contribution >= 4 is 71.7 Å². The van der Waals surface area contributed by atoms with Crippen LogP contribution in [0, 0.1) is 11.8 Å². The van der Waals surface area contributed by atoms with Crippen LogP contribution in [0.2, 0.25) is 0 Å². The summed E-state index contributed by atoms with van der Waals surface area (Å²) in [6, 6.07) is 10.6. The van der Waals surface area contributed by atoms with Gasteiger partial charge in [-0.15, -0.1) is 0 Å². The minimum Gasteiger partial charge on any atom is -0.493 e. The van der Waals surface area contributed by atoms with Crippen LogP contribution in [0.4, 0.5) is 8.78 Å². The van der Waals surface area contributed by atoms with Crippen LogP contribution in [0.1, 0.15) is 133 Å². The first-order valence-electron chi connectivity index (χ1n) is 26.5. The lowest BCUT2D eigenvalue weighted by atomic mass is 9.99. The largest absolute Gasteiger partial charge is 0.493 e. The fraction of sp³-hybridized carbons (Fsp3) is 0.436. The normalized spacial score (nSPS) is 21.4. The van der Waals surface area contributed by atoms with E-state index in [-0.39, 0.29) is 98.9 Å². The molecular weight excluding hydrogens is 1060 g/mol. The maximum Gasteiger partial charge on any atom is 0.399 e. The number of unbranched alkanes of at least 4 members (excludes halogenated alkanes) is 3.